The Morgan fingerprint density at radius 3 is 2.45 bits per heavy atom. The first kappa shape index (κ1) is 17.1. The number of carbonyl (C=O) groups is 3. The highest BCUT2D eigenvalue weighted by atomic mass is 16.6. The zero-order chi connectivity index (χ0) is 16.9. The number of benzene rings is 1. The number of nitro benzene ring substituents is 1. The number of nitrogens with one attached hydrogen (secondary N) is 2. The Labute approximate surface area is 125 Å². The smallest absolute Gasteiger partial charge is 0.338 e. The second-order valence-corrected chi connectivity index (χ2v) is 4.37. The fraction of sp³-hybridized carbons (Fsp3) is 0.308. The normalized spacial score (nSPS) is 11.2. The van der Waals surface area contributed by atoms with Crippen LogP contribution in [-0.4, -0.2) is 36.0 Å². The lowest BCUT2D eigenvalue weighted by atomic mass is 10.1. The number of hydrogen-bond donors (Lipinski definition) is 2. The van der Waals surface area contributed by atoms with Gasteiger partial charge in [0.25, 0.3) is 11.6 Å². The van der Waals surface area contributed by atoms with E-state index in [1.807, 2.05) is 5.32 Å². The van der Waals surface area contributed by atoms with Crippen LogP contribution >= 0.6 is 0 Å². The van der Waals surface area contributed by atoms with Crippen molar-refractivity contribution in [1.82, 2.24) is 10.6 Å². The molecule has 118 valence electrons. The summed E-state index contributed by atoms with van der Waals surface area (Å²) in [5.41, 5.74) is 0.242. The summed E-state index contributed by atoms with van der Waals surface area (Å²) >= 11 is 0. The van der Waals surface area contributed by atoms with E-state index in [9.17, 15) is 24.5 Å². The van der Waals surface area contributed by atoms with Crippen molar-refractivity contribution in [2.24, 2.45) is 0 Å². The highest BCUT2D eigenvalue weighted by Gasteiger charge is 2.21. The maximum absolute atomic E-state index is 11.9. The first-order valence-corrected chi connectivity index (χ1v) is 6.25. The third-order valence-electron chi connectivity index (χ3n) is 2.75. The number of carbonyl (C=O) groups excluding carboxylic acids is 3. The molecule has 0 saturated carbocycles. The van der Waals surface area contributed by atoms with E-state index in [2.05, 4.69) is 5.32 Å². The van der Waals surface area contributed by atoms with Gasteiger partial charge in [0.2, 0.25) is 0 Å². The molecule has 2 N–H and O–H groups in total. The Morgan fingerprint density at radius 1 is 1.32 bits per heavy atom. The van der Waals surface area contributed by atoms with Gasteiger partial charge < -0.3 is 10.1 Å². The number of ether oxygens (including phenoxy) is 1. The summed E-state index contributed by atoms with van der Waals surface area (Å²) in [6.07, 6.45) is -1.19. The van der Waals surface area contributed by atoms with Gasteiger partial charge in [-0.05, 0) is 26.0 Å². The minimum Gasteiger partial charge on any atom is -0.449 e. The molecule has 0 aromatic heterocycles. The van der Waals surface area contributed by atoms with Crippen molar-refractivity contribution in [2.45, 2.75) is 20.0 Å². The maximum atomic E-state index is 11.9. The second kappa shape index (κ2) is 7.16. The summed E-state index contributed by atoms with van der Waals surface area (Å²) in [5, 5.41) is 14.9. The van der Waals surface area contributed by atoms with Crippen LogP contribution in [0.4, 0.5) is 10.5 Å². The summed E-state index contributed by atoms with van der Waals surface area (Å²) in [5.74, 6) is -1.61. The molecule has 0 aliphatic rings. The molecule has 9 nitrogen and oxygen atoms in total. The lowest BCUT2D eigenvalue weighted by Gasteiger charge is -2.12. The molecule has 0 bridgehead atoms. The van der Waals surface area contributed by atoms with Crippen LogP contribution in [0.5, 0.6) is 0 Å². The van der Waals surface area contributed by atoms with Crippen LogP contribution in [0.3, 0.4) is 0 Å². The zero-order valence-electron chi connectivity index (χ0n) is 12.2. The second-order valence-electron chi connectivity index (χ2n) is 4.37. The van der Waals surface area contributed by atoms with Crippen LogP contribution in [0.15, 0.2) is 18.2 Å². The van der Waals surface area contributed by atoms with Crippen molar-refractivity contribution in [2.75, 3.05) is 7.05 Å². The zero-order valence-corrected chi connectivity index (χ0v) is 12.2. The summed E-state index contributed by atoms with van der Waals surface area (Å²) in [4.78, 5) is 44.5. The number of urea groups is 1. The number of aryl methyl sites for hydroxylation is 1. The van der Waals surface area contributed by atoms with Gasteiger partial charge in [-0.3, -0.25) is 20.2 Å². The Morgan fingerprint density at radius 2 is 1.95 bits per heavy atom. The standard InChI is InChI=1S/C13H15N3O6/c1-7-6-9(4-5-10(7)16(20)21)12(18)22-8(2)11(17)15-13(19)14-3/h4-6,8H,1-3H3,(H2,14,15,17,19)/t8-/m1/s1. The van der Waals surface area contributed by atoms with Crippen molar-refractivity contribution in [3.8, 4) is 0 Å². The quantitative estimate of drug-likeness (QED) is 0.483. The van der Waals surface area contributed by atoms with Gasteiger partial charge in [0.05, 0.1) is 10.5 Å². The maximum Gasteiger partial charge on any atom is 0.338 e. The molecule has 0 aliphatic carbocycles. The van der Waals surface area contributed by atoms with Gasteiger partial charge in [0, 0.05) is 18.7 Å². The molecule has 0 saturated heterocycles. The van der Waals surface area contributed by atoms with E-state index in [4.69, 9.17) is 4.74 Å². The molecule has 0 heterocycles. The third kappa shape index (κ3) is 4.27. The van der Waals surface area contributed by atoms with Crippen LogP contribution in [0.1, 0.15) is 22.8 Å². The molecular formula is C13H15N3O6. The Kier molecular flexibility index (Phi) is 5.56. The van der Waals surface area contributed by atoms with E-state index in [-0.39, 0.29) is 11.3 Å². The minimum absolute atomic E-state index is 0.0719. The molecule has 0 aliphatic heterocycles. The topological polar surface area (TPSA) is 128 Å². The van der Waals surface area contributed by atoms with E-state index in [0.717, 1.165) is 0 Å². The fourth-order valence-corrected chi connectivity index (χ4v) is 1.55. The van der Waals surface area contributed by atoms with Crippen LogP contribution < -0.4 is 10.6 Å². The van der Waals surface area contributed by atoms with Gasteiger partial charge in [-0.1, -0.05) is 0 Å². The van der Waals surface area contributed by atoms with Crippen molar-refractivity contribution < 1.29 is 24.0 Å². The van der Waals surface area contributed by atoms with E-state index in [0.29, 0.717) is 5.56 Å². The molecule has 3 amide bonds. The number of nitro groups is 1. The predicted octanol–water partition coefficient (Wildman–Crippen LogP) is 0.904. The van der Waals surface area contributed by atoms with Crippen LogP contribution in [-0.2, 0) is 9.53 Å². The molecule has 1 aromatic carbocycles. The number of esters is 1. The van der Waals surface area contributed by atoms with Gasteiger partial charge in [0.1, 0.15) is 0 Å². The summed E-state index contributed by atoms with van der Waals surface area (Å²) in [6, 6.07) is 2.99. The van der Waals surface area contributed by atoms with Gasteiger partial charge >= 0.3 is 12.0 Å². The largest absolute Gasteiger partial charge is 0.449 e. The molecule has 1 aromatic rings. The molecule has 0 radical (unpaired) electrons. The third-order valence-corrected chi connectivity index (χ3v) is 2.75. The highest BCUT2D eigenvalue weighted by Crippen LogP contribution is 2.19. The monoisotopic (exact) mass is 309 g/mol. The van der Waals surface area contributed by atoms with Gasteiger partial charge in [-0.2, -0.15) is 0 Å². The highest BCUT2D eigenvalue weighted by molar-refractivity contribution is 5.98. The van der Waals surface area contributed by atoms with Crippen molar-refractivity contribution in [3.63, 3.8) is 0 Å². The lowest BCUT2D eigenvalue weighted by Crippen LogP contribution is -2.43. The van der Waals surface area contributed by atoms with Crippen molar-refractivity contribution in [1.29, 1.82) is 0 Å². The molecule has 0 unspecified atom stereocenters. The molecule has 0 fully saturated rings. The van der Waals surface area contributed by atoms with Gasteiger partial charge in [-0.15, -0.1) is 0 Å². The Hall–Kier alpha value is -2.97. The van der Waals surface area contributed by atoms with E-state index < -0.39 is 28.9 Å². The van der Waals surface area contributed by atoms with Crippen LogP contribution in [0.2, 0.25) is 0 Å². The summed E-state index contributed by atoms with van der Waals surface area (Å²) in [6.45, 7) is 2.78. The molecular weight excluding hydrogens is 294 g/mol. The van der Waals surface area contributed by atoms with E-state index >= 15 is 0 Å². The van der Waals surface area contributed by atoms with Gasteiger partial charge in [-0.25, -0.2) is 9.59 Å². The summed E-state index contributed by atoms with van der Waals surface area (Å²) < 4.78 is 4.90. The molecule has 22 heavy (non-hydrogen) atoms. The van der Waals surface area contributed by atoms with Crippen molar-refractivity contribution >= 4 is 23.6 Å². The first-order valence-electron chi connectivity index (χ1n) is 6.25. The number of rotatable bonds is 4. The van der Waals surface area contributed by atoms with E-state index in [1.165, 1.54) is 39.1 Å². The number of nitrogens with zero attached hydrogens (tertiary/aromatic N) is 1. The molecule has 1 rings (SSSR count). The van der Waals surface area contributed by atoms with Crippen molar-refractivity contribution in [3.05, 3.63) is 39.4 Å². The average molecular weight is 309 g/mol. The molecule has 9 heteroatoms. The first-order chi connectivity index (χ1) is 10.3. The molecule has 0 spiro atoms. The average Bonchev–Trinajstić information content (AvgIpc) is 2.46. The number of imide groups is 1. The van der Waals surface area contributed by atoms with Crippen LogP contribution in [0.25, 0.3) is 0 Å². The van der Waals surface area contributed by atoms with Gasteiger partial charge in [0.15, 0.2) is 6.10 Å². The molecule has 1 atom stereocenters. The Balaban J connectivity index is 2.77. The lowest BCUT2D eigenvalue weighted by molar-refractivity contribution is -0.385. The predicted molar refractivity (Wildman–Crippen MR) is 75.3 cm³/mol. The fourth-order valence-electron chi connectivity index (χ4n) is 1.55. The number of amides is 3. The minimum atomic E-state index is -1.19. The van der Waals surface area contributed by atoms with E-state index in [1.54, 1.807) is 0 Å². The Bertz CT molecular complexity index is 628. The SMILES string of the molecule is CNC(=O)NC(=O)[C@@H](C)OC(=O)c1ccc([N+](=O)[O-])c(C)c1. The van der Waals surface area contributed by atoms with Crippen LogP contribution in [0, 0.1) is 17.0 Å². The summed E-state index contributed by atoms with van der Waals surface area (Å²) in [7, 11) is 1.33. The number of hydrogen-bond acceptors (Lipinski definition) is 6.